The molecule has 0 saturated carbocycles. The maximum absolute atomic E-state index is 6.08. The smallest absolute Gasteiger partial charge is 0.227 e. The van der Waals surface area contributed by atoms with E-state index in [9.17, 15) is 0 Å². The number of nitrogens with two attached hydrogens (primary N) is 1. The Bertz CT molecular complexity index is 1520. The van der Waals surface area contributed by atoms with Crippen LogP contribution in [0.3, 0.4) is 0 Å². The van der Waals surface area contributed by atoms with Gasteiger partial charge in [0.1, 0.15) is 18.1 Å². The number of nitrogens with one attached hydrogen (secondary N) is 1. The van der Waals surface area contributed by atoms with Gasteiger partial charge in [0, 0.05) is 41.9 Å². The predicted octanol–water partition coefficient (Wildman–Crippen LogP) is 5.26. The Hall–Kier alpha value is -4.43. The molecule has 0 radical (unpaired) electrons. The van der Waals surface area contributed by atoms with Gasteiger partial charge in [0.15, 0.2) is 0 Å². The fourth-order valence-corrected chi connectivity index (χ4v) is 4.79. The normalized spacial score (nSPS) is 13.7. The van der Waals surface area contributed by atoms with Crippen LogP contribution in [0.5, 0.6) is 5.75 Å². The second kappa shape index (κ2) is 10.3. The van der Waals surface area contributed by atoms with Crippen molar-refractivity contribution in [3.63, 3.8) is 0 Å². The van der Waals surface area contributed by atoms with Crippen molar-refractivity contribution in [2.75, 3.05) is 37.3 Å². The van der Waals surface area contributed by atoms with E-state index in [0.29, 0.717) is 18.2 Å². The molecule has 3 N–H and O–H groups in total. The first-order valence-corrected chi connectivity index (χ1v) is 12.6. The molecule has 0 amide bonds. The van der Waals surface area contributed by atoms with Gasteiger partial charge in [0.05, 0.1) is 16.8 Å². The van der Waals surface area contributed by atoms with Crippen LogP contribution in [-0.2, 0) is 0 Å². The summed E-state index contributed by atoms with van der Waals surface area (Å²) in [4.78, 5) is 11.8. The summed E-state index contributed by atoms with van der Waals surface area (Å²) in [5, 5.41) is 8.18. The maximum atomic E-state index is 6.08. The summed E-state index contributed by atoms with van der Waals surface area (Å²) in [5.41, 5.74) is 12.0. The third-order valence-electron chi connectivity index (χ3n) is 6.58. The van der Waals surface area contributed by atoms with Crippen LogP contribution < -0.4 is 15.8 Å². The highest BCUT2D eigenvalue weighted by atomic mass is 16.5. The summed E-state index contributed by atoms with van der Waals surface area (Å²) in [7, 11) is 0. The van der Waals surface area contributed by atoms with E-state index in [1.807, 2.05) is 83.5 Å². The molecule has 3 aromatic heterocycles. The van der Waals surface area contributed by atoms with Crippen LogP contribution in [0.1, 0.15) is 12.8 Å². The van der Waals surface area contributed by atoms with Crippen LogP contribution in [0.15, 0.2) is 85.2 Å². The van der Waals surface area contributed by atoms with E-state index < -0.39 is 0 Å². The molecule has 6 rings (SSSR count). The molecule has 0 aliphatic carbocycles. The molecule has 1 aliphatic heterocycles. The van der Waals surface area contributed by atoms with Gasteiger partial charge in [-0.05, 0) is 68.4 Å². The van der Waals surface area contributed by atoms with Gasteiger partial charge < -0.3 is 15.8 Å². The first-order valence-electron chi connectivity index (χ1n) is 12.6. The SMILES string of the molecule is Nc1cccc(-c2nn3ccccc3c2-c2ccnc(Nc3cccc(OCCN4CCCC4)c3)n2)c1. The monoisotopic (exact) mass is 491 g/mol. The van der Waals surface area contributed by atoms with Crippen molar-refractivity contribution in [2.45, 2.75) is 12.8 Å². The average molecular weight is 492 g/mol. The van der Waals surface area contributed by atoms with Crippen molar-refractivity contribution in [2.24, 2.45) is 0 Å². The molecule has 1 fully saturated rings. The number of ether oxygens (including phenoxy) is 1. The maximum Gasteiger partial charge on any atom is 0.227 e. The van der Waals surface area contributed by atoms with E-state index in [0.717, 1.165) is 46.0 Å². The average Bonchev–Trinajstić information content (AvgIpc) is 3.57. The minimum absolute atomic E-state index is 0.500. The van der Waals surface area contributed by atoms with Crippen molar-refractivity contribution in [1.82, 2.24) is 24.5 Å². The lowest BCUT2D eigenvalue weighted by atomic mass is 10.0. The second-order valence-corrected chi connectivity index (χ2v) is 9.20. The molecule has 0 atom stereocenters. The molecule has 0 unspecified atom stereocenters. The van der Waals surface area contributed by atoms with Gasteiger partial charge in [-0.2, -0.15) is 5.10 Å². The lowest BCUT2D eigenvalue weighted by Crippen LogP contribution is -2.25. The summed E-state index contributed by atoms with van der Waals surface area (Å²) in [6, 6.07) is 23.6. The number of likely N-dealkylation sites (tertiary alicyclic amines) is 1. The number of nitrogen functional groups attached to an aromatic ring is 1. The lowest BCUT2D eigenvalue weighted by Gasteiger charge is -2.15. The standard InChI is InChI=1S/C29H29N7O/c30-22-8-5-7-21(19-22)28-27(26-11-1-2-16-36(26)34-28)25-12-13-31-29(33-25)32-23-9-6-10-24(20-23)37-18-17-35-14-3-4-15-35/h1-2,5-13,16,19-20H,3-4,14-15,17-18,30H2,(H,31,32,33). The quantitative estimate of drug-likeness (QED) is 0.286. The van der Waals surface area contributed by atoms with Crippen molar-refractivity contribution < 1.29 is 4.74 Å². The Kier molecular flexibility index (Phi) is 6.39. The fraction of sp³-hybridized carbons (Fsp3) is 0.207. The number of hydrogen-bond donors (Lipinski definition) is 2. The number of pyridine rings is 1. The topological polar surface area (TPSA) is 93.6 Å². The minimum Gasteiger partial charge on any atom is -0.492 e. The van der Waals surface area contributed by atoms with E-state index in [1.165, 1.54) is 25.9 Å². The zero-order valence-corrected chi connectivity index (χ0v) is 20.5. The number of fused-ring (bicyclic) bond motifs is 1. The molecular formula is C29H29N7O. The van der Waals surface area contributed by atoms with Crippen LogP contribution in [-0.4, -0.2) is 50.7 Å². The number of anilines is 3. The van der Waals surface area contributed by atoms with E-state index in [-0.39, 0.29) is 0 Å². The first kappa shape index (κ1) is 23.0. The minimum atomic E-state index is 0.500. The van der Waals surface area contributed by atoms with Crippen molar-refractivity contribution in [3.8, 4) is 28.3 Å². The highest BCUT2D eigenvalue weighted by Gasteiger charge is 2.18. The molecule has 186 valence electrons. The molecule has 5 aromatic rings. The highest BCUT2D eigenvalue weighted by Crippen LogP contribution is 2.35. The molecule has 2 aromatic carbocycles. The Labute approximate surface area is 215 Å². The third kappa shape index (κ3) is 5.10. The molecular weight excluding hydrogens is 462 g/mol. The third-order valence-corrected chi connectivity index (χ3v) is 6.58. The van der Waals surface area contributed by atoms with Gasteiger partial charge in [0.25, 0.3) is 0 Å². The van der Waals surface area contributed by atoms with Crippen LogP contribution in [0, 0.1) is 0 Å². The van der Waals surface area contributed by atoms with Crippen LogP contribution in [0.2, 0.25) is 0 Å². The second-order valence-electron chi connectivity index (χ2n) is 9.20. The zero-order valence-electron chi connectivity index (χ0n) is 20.5. The largest absolute Gasteiger partial charge is 0.492 e. The Morgan fingerprint density at radius 1 is 0.946 bits per heavy atom. The lowest BCUT2D eigenvalue weighted by molar-refractivity contribution is 0.238. The summed E-state index contributed by atoms with van der Waals surface area (Å²) in [6.07, 6.45) is 6.27. The van der Waals surface area contributed by atoms with Crippen LogP contribution in [0.25, 0.3) is 28.0 Å². The molecule has 1 aliphatic rings. The summed E-state index contributed by atoms with van der Waals surface area (Å²) in [5.74, 6) is 1.33. The van der Waals surface area contributed by atoms with Gasteiger partial charge in [-0.15, -0.1) is 0 Å². The van der Waals surface area contributed by atoms with Crippen molar-refractivity contribution in [3.05, 3.63) is 85.2 Å². The fourth-order valence-electron chi connectivity index (χ4n) is 4.79. The number of benzene rings is 2. The summed E-state index contributed by atoms with van der Waals surface area (Å²) >= 11 is 0. The van der Waals surface area contributed by atoms with Gasteiger partial charge >= 0.3 is 0 Å². The molecule has 37 heavy (non-hydrogen) atoms. The van der Waals surface area contributed by atoms with Gasteiger partial charge in [-0.25, -0.2) is 14.5 Å². The van der Waals surface area contributed by atoms with E-state index in [1.54, 1.807) is 6.20 Å². The zero-order chi connectivity index (χ0) is 25.0. The Morgan fingerprint density at radius 2 is 1.84 bits per heavy atom. The molecule has 0 bridgehead atoms. The van der Waals surface area contributed by atoms with E-state index in [4.69, 9.17) is 20.6 Å². The van der Waals surface area contributed by atoms with Crippen LogP contribution >= 0.6 is 0 Å². The predicted molar refractivity (Wildman–Crippen MR) is 147 cm³/mol. The van der Waals surface area contributed by atoms with Gasteiger partial charge in [0.2, 0.25) is 5.95 Å². The van der Waals surface area contributed by atoms with Crippen molar-refractivity contribution in [1.29, 1.82) is 0 Å². The number of aromatic nitrogens is 4. The van der Waals surface area contributed by atoms with E-state index in [2.05, 4.69) is 15.2 Å². The Morgan fingerprint density at radius 3 is 2.73 bits per heavy atom. The molecule has 8 heteroatoms. The highest BCUT2D eigenvalue weighted by molar-refractivity contribution is 5.91. The molecule has 8 nitrogen and oxygen atoms in total. The number of hydrogen-bond acceptors (Lipinski definition) is 7. The molecule has 4 heterocycles. The number of rotatable bonds is 8. The van der Waals surface area contributed by atoms with E-state index >= 15 is 0 Å². The first-order chi connectivity index (χ1) is 18.2. The van der Waals surface area contributed by atoms with Crippen molar-refractivity contribution >= 4 is 22.8 Å². The summed E-state index contributed by atoms with van der Waals surface area (Å²) < 4.78 is 7.87. The van der Waals surface area contributed by atoms with Gasteiger partial charge in [-0.3, -0.25) is 4.90 Å². The molecule has 1 saturated heterocycles. The van der Waals surface area contributed by atoms with Crippen LogP contribution in [0.4, 0.5) is 17.3 Å². The molecule has 0 spiro atoms. The Balaban J connectivity index is 1.27. The summed E-state index contributed by atoms with van der Waals surface area (Å²) in [6.45, 7) is 3.98. The number of nitrogens with zero attached hydrogens (tertiary/aromatic N) is 5. The van der Waals surface area contributed by atoms with Gasteiger partial charge in [-0.1, -0.05) is 24.3 Å².